The van der Waals surface area contributed by atoms with E-state index in [0.29, 0.717) is 11.6 Å². The number of urea groups is 1. The van der Waals surface area contributed by atoms with Gasteiger partial charge in [0, 0.05) is 27.1 Å². The molecule has 0 spiro atoms. The number of hydrogen-bond acceptors (Lipinski definition) is 3. The number of nitrogens with zero attached hydrogens (tertiary/aromatic N) is 1. The van der Waals surface area contributed by atoms with E-state index in [1.54, 1.807) is 16.7 Å². The Kier molecular flexibility index (Phi) is 7.80. The van der Waals surface area contributed by atoms with Gasteiger partial charge in [-0.05, 0) is 42.5 Å². The van der Waals surface area contributed by atoms with Gasteiger partial charge in [0.2, 0.25) is 0 Å². The maximum absolute atomic E-state index is 13.0. The first-order valence-corrected chi connectivity index (χ1v) is 11.8. The fourth-order valence-corrected chi connectivity index (χ4v) is 5.05. The lowest BCUT2D eigenvalue weighted by molar-refractivity contribution is 0.249. The van der Waals surface area contributed by atoms with Crippen LogP contribution in [0.5, 0.6) is 0 Å². The number of rotatable bonds is 8. The van der Waals surface area contributed by atoms with Gasteiger partial charge in [-0.25, -0.2) is 4.79 Å². The lowest BCUT2D eigenvalue weighted by Crippen LogP contribution is -2.39. The van der Waals surface area contributed by atoms with Crippen molar-refractivity contribution >= 4 is 52.5 Å². The zero-order valence-corrected chi connectivity index (χ0v) is 17.9. The Bertz CT molecular complexity index is 785. The Morgan fingerprint density at radius 2 is 1.89 bits per heavy atom. The van der Waals surface area contributed by atoms with E-state index in [1.807, 2.05) is 54.2 Å². The summed E-state index contributed by atoms with van der Waals surface area (Å²) in [6.07, 6.45) is 5.14. The van der Waals surface area contributed by atoms with E-state index >= 15 is 0 Å². The molecular formula is C21H25ClN2OS2. The van der Waals surface area contributed by atoms with Crippen molar-refractivity contribution in [3.8, 4) is 0 Å². The van der Waals surface area contributed by atoms with Gasteiger partial charge < -0.3 is 5.32 Å². The third-order valence-electron chi connectivity index (χ3n) is 4.36. The van der Waals surface area contributed by atoms with Crippen LogP contribution in [0.4, 0.5) is 16.2 Å². The maximum atomic E-state index is 13.0. The van der Waals surface area contributed by atoms with Crippen molar-refractivity contribution in [2.45, 2.75) is 42.4 Å². The summed E-state index contributed by atoms with van der Waals surface area (Å²) in [5.74, 6) is 2.10. The molecule has 1 aliphatic heterocycles. The first kappa shape index (κ1) is 20.4. The number of hydrogen-bond donors (Lipinski definition) is 1. The molecule has 0 aromatic heterocycles. The third kappa shape index (κ3) is 5.37. The highest BCUT2D eigenvalue weighted by Gasteiger charge is 2.28. The van der Waals surface area contributed by atoms with Crippen molar-refractivity contribution < 1.29 is 4.79 Å². The lowest BCUT2D eigenvalue weighted by Gasteiger charge is -2.31. The third-order valence-corrected chi connectivity index (χ3v) is 6.79. The number of para-hydroxylation sites is 1. The molecule has 2 aromatic carbocycles. The number of carbonyl (C=O) groups excluding carboxylic acids is 1. The summed E-state index contributed by atoms with van der Waals surface area (Å²) in [5, 5.41) is 3.70. The molecule has 2 amide bonds. The summed E-state index contributed by atoms with van der Waals surface area (Å²) in [6, 6.07) is 13.6. The van der Waals surface area contributed by atoms with Gasteiger partial charge in [-0.1, -0.05) is 61.7 Å². The largest absolute Gasteiger partial charge is 0.337 e. The Morgan fingerprint density at radius 3 is 2.74 bits per heavy atom. The predicted octanol–water partition coefficient (Wildman–Crippen LogP) is 6.97. The van der Waals surface area contributed by atoms with Crippen LogP contribution >= 0.6 is 35.1 Å². The van der Waals surface area contributed by atoms with Gasteiger partial charge in [-0.3, -0.25) is 4.90 Å². The van der Waals surface area contributed by atoms with E-state index < -0.39 is 0 Å². The molecule has 2 aromatic rings. The number of carbonyl (C=O) groups is 1. The number of thioether (sulfide) groups is 1. The van der Waals surface area contributed by atoms with E-state index in [-0.39, 0.29) is 6.03 Å². The minimum absolute atomic E-state index is 0.0992. The Balaban J connectivity index is 1.62. The smallest absolute Gasteiger partial charge is 0.326 e. The molecule has 0 unspecified atom stereocenters. The summed E-state index contributed by atoms with van der Waals surface area (Å²) in [5.41, 5.74) is 1.75. The molecule has 144 valence electrons. The van der Waals surface area contributed by atoms with E-state index in [1.165, 1.54) is 25.7 Å². The molecule has 0 bridgehead atoms. The SMILES string of the molecule is CCCCCCSCCNC(=O)N1c2ccccc2Sc2ccc(Cl)cc21. The number of halogens is 1. The van der Waals surface area contributed by atoms with Crippen LogP contribution in [0.1, 0.15) is 32.6 Å². The monoisotopic (exact) mass is 420 g/mol. The van der Waals surface area contributed by atoms with Gasteiger partial charge in [0.25, 0.3) is 0 Å². The number of amides is 2. The summed E-state index contributed by atoms with van der Waals surface area (Å²) < 4.78 is 0. The molecule has 0 fully saturated rings. The van der Waals surface area contributed by atoms with Gasteiger partial charge >= 0.3 is 6.03 Å². The number of nitrogens with one attached hydrogen (secondary N) is 1. The van der Waals surface area contributed by atoms with Gasteiger partial charge in [-0.2, -0.15) is 11.8 Å². The standard InChI is InChI=1S/C21H25ClN2OS2/c1-2-3-4-7-13-26-14-12-23-21(25)24-17-8-5-6-9-19(17)27-20-11-10-16(22)15-18(20)24/h5-6,8-11,15H,2-4,7,12-14H2,1H3,(H,23,25). The maximum Gasteiger partial charge on any atom is 0.326 e. The summed E-state index contributed by atoms with van der Waals surface area (Å²) in [4.78, 5) is 16.8. The molecule has 0 atom stereocenters. The van der Waals surface area contributed by atoms with E-state index in [0.717, 1.165) is 32.7 Å². The second-order valence-corrected chi connectivity index (χ2v) is 9.17. The van der Waals surface area contributed by atoms with Crippen LogP contribution in [0.3, 0.4) is 0 Å². The second-order valence-electron chi connectivity index (χ2n) is 6.42. The minimum atomic E-state index is -0.0992. The van der Waals surface area contributed by atoms with Crippen molar-refractivity contribution in [2.24, 2.45) is 0 Å². The van der Waals surface area contributed by atoms with Crippen LogP contribution in [0.25, 0.3) is 0 Å². The Hall–Kier alpha value is -1.30. The van der Waals surface area contributed by atoms with Crippen LogP contribution in [-0.4, -0.2) is 24.1 Å². The van der Waals surface area contributed by atoms with Crippen molar-refractivity contribution in [3.63, 3.8) is 0 Å². The topological polar surface area (TPSA) is 32.3 Å². The van der Waals surface area contributed by atoms with Crippen molar-refractivity contribution in [3.05, 3.63) is 47.5 Å². The number of benzene rings is 2. The van der Waals surface area contributed by atoms with Crippen LogP contribution in [0.2, 0.25) is 5.02 Å². The molecule has 0 aliphatic carbocycles. The van der Waals surface area contributed by atoms with E-state index in [9.17, 15) is 4.79 Å². The molecule has 1 aliphatic rings. The van der Waals surface area contributed by atoms with Crippen LogP contribution in [0, 0.1) is 0 Å². The zero-order chi connectivity index (χ0) is 19.1. The molecule has 0 saturated heterocycles. The van der Waals surface area contributed by atoms with E-state index in [2.05, 4.69) is 12.2 Å². The fourth-order valence-electron chi connectivity index (χ4n) is 2.99. The van der Waals surface area contributed by atoms with Crippen molar-refractivity contribution in [2.75, 3.05) is 23.0 Å². The normalized spacial score (nSPS) is 12.4. The average molecular weight is 421 g/mol. The van der Waals surface area contributed by atoms with Gasteiger partial charge in [-0.15, -0.1) is 0 Å². The summed E-state index contributed by atoms with van der Waals surface area (Å²) in [6.45, 7) is 2.89. The lowest BCUT2D eigenvalue weighted by atomic mass is 10.2. The first-order chi connectivity index (χ1) is 13.2. The highest BCUT2D eigenvalue weighted by Crippen LogP contribution is 2.48. The van der Waals surface area contributed by atoms with Crippen LogP contribution < -0.4 is 10.2 Å². The number of fused-ring (bicyclic) bond motifs is 2. The molecule has 3 rings (SSSR count). The van der Waals surface area contributed by atoms with Crippen LogP contribution in [0.15, 0.2) is 52.3 Å². The fraction of sp³-hybridized carbons (Fsp3) is 0.381. The quantitative estimate of drug-likeness (QED) is 0.468. The van der Waals surface area contributed by atoms with Gasteiger partial charge in [0.15, 0.2) is 0 Å². The predicted molar refractivity (Wildman–Crippen MR) is 119 cm³/mol. The van der Waals surface area contributed by atoms with Crippen molar-refractivity contribution in [1.29, 1.82) is 0 Å². The van der Waals surface area contributed by atoms with Gasteiger partial charge in [0.1, 0.15) is 0 Å². The highest BCUT2D eigenvalue weighted by atomic mass is 35.5. The number of anilines is 2. The molecule has 27 heavy (non-hydrogen) atoms. The molecular weight excluding hydrogens is 396 g/mol. The van der Waals surface area contributed by atoms with Crippen molar-refractivity contribution in [1.82, 2.24) is 5.32 Å². The summed E-state index contributed by atoms with van der Waals surface area (Å²) in [7, 11) is 0. The molecule has 6 heteroatoms. The Labute approximate surface area is 175 Å². The molecule has 0 saturated carbocycles. The highest BCUT2D eigenvalue weighted by molar-refractivity contribution is 7.99. The molecule has 1 N–H and O–H groups in total. The average Bonchev–Trinajstić information content (AvgIpc) is 2.68. The Morgan fingerprint density at radius 1 is 1.07 bits per heavy atom. The minimum Gasteiger partial charge on any atom is -0.337 e. The number of unbranched alkanes of at least 4 members (excludes halogenated alkanes) is 3. The summed E-state index contributed by atoms with van der Waals surface area (Å²) >= 11 is 9.78. The molecule has 1 heterocycles. The van der Waals surface area contributed by atoms with Crippen LogP contribution in [-0.2, 0) is 0 Å². The van der Waals surface area contributed by atoms with Gasteiger partial charge in [0.05, 0.1) is 11.4 Å². The first-order valence-electron chi connectivity index (χ1n) is 9.43. The molecule has 3 nitrogen and oxygen atoms in total. The molecule has 0 radical (unpaired) electrons. The zero-order valence-electron chi connectivity index (χ0n) is 15.5. The van der Waals surface area contributed by atoms with E-state index in [4.69, 9.17) is 11.6 Å². The second kappa shape index (κ2) is 10.3.